The van der Waals surface area contributed by atoms with E-state index in [-0.39, 0.29) is 16.9 Å². The SMILES string of the molecule is COC(=O)[C@@H]1CCCCCCc2cccc(c2)C[C@@H](CSC(C)=O)C(=O)N1. The van der Waals surface area contributed by atoms with Gasteiger partial charge in [0.25, 0.3) is 0 Å². The van der Waals surface area contributed by atoms with Gasteiger partial charge in [-0.1, -0.05) is 55.3 Å². The van der Waals surface area contributed by atoms with E-state index in [0.717, 1.165) is 49.4 Å². The van der Waals surface area contributed by atoms with Gasteiger partial charge in [-0.05, 0) is 36.8 Å². The molecule has 1 heterocycles. The summed E-state index contributed by atoms with van der Waals surface area (Å²) < 4.78 is 4.86. The Morgan fingerprint density at radius 1 is 1.19 bits per heavy atom. The van der Waals surface area contributed by atoms with Crippen molar-refractivity contribution in [3.05, 3.63) is 35.4 Å². The number of thioether (sulfide) groups is 1. The van der Waals surface area contributed by atoms with Gasteiger partial charge in [0.05, 0.1) is 13.0 Å². The fourth-order valence-corrected chi connectivity index (χ4v) is 4.06. The molecule has 0 saturated carbocycles. The Bertz CT molecular complexity index is 661. The molecule has 1 aliphatic heterocycles. The first-order valence-corrected chi connectivity index (χ1v) is 10.6. The molecule has 0 unspecified atom stereocenters. The van der Waals surface area contributed by atoms with E-state index < -0.39 is 12.0 Å². The van der Waals surface area contributed by atoms with Crippen molar-refractivity contribution in [1.82, 2.24) is 5.32 Å². The van der Waals surface area contributed by atoms with Crippen LogP contribution in [0.2, 0.25) is 0 Å². The van der Waals surface area contributed by atoms with Crippen LogP contribution in [0.25, 0.3) is 0 Å². The van der Waals surface area contributed by atoms with Crippen molar-refractivity contribution < 1.29 is 19.1 Å². The van der Waals surface area contributed by atoms with Crippen molar-refractivity contribution in [2.75, 3.05) is 12.9 Å². The number of nitrogens with one attached hydrogen (secondary N) is 1. The number of ether oxygens (including phenoxy) is 1. The van der Waals surface area contributed by atoms with Crippen molar-refractivity contribution in [2.24, 2.45) is 5.92 Å². The molecule has 27 heavy (non-hydrogen) atoms. The van der Waals surface area contributed by atoms with Gasteiger partial charge in [0, 0.05) is 12.7 Å². The molecule has 1 N–H and O–H groups in total. The molecule has 148 valence electrons. The van der Waals surface area contributed by atoms with Gasteiger partial charge in [-0.2, -0.15) is 0 Å². The molecular formula is C21H29NO4S. The lowest BCUT2D eigenvalue weighted by Gasteiger charge is -2.22. The van der Waals surface area contributed by atoms with Crippen LogP contribution in [0.3, 0.4) is 0 Å². The number of amides is 1. The number of hydrogen-bond donors (Lipinski definition) is 1. The summed E-state index contributed by atoms with van der Waals surface area (Å²) in [5.41, 5.74) is 2.37. The lowest BCUT2D eigenvalue weighted by atomic mass is 9.95. The quantitative estimate of drug-likeness (QED) is 0.801. The van der Waals surface area contributed by atoms with Gasteiger partial charge in [0.2, 0.25) is 5.91 Å². The van der Waals surface area contributed by atoms with E-state index in [4.69, 9.17) is 4.74 Å². The number of benzene rings is 1. The van der Waals surface area contributed by atoms with Gasteiger partial charge >= 0.3 is 5.97 Å². The van der Waals surface area contributed by atoms with Crippen LogP contribution in [0.15, 0.2) is 24.3 Å². The van der Waals surface area contributed by atoms with E-state index in [1.807, 2.05) is 12.1 Å². The third kappa shape index (κ3) is 7.37. The third-order valence-electron chi connectivity index (χ3n) is 4.84. The molecule has 0 radical (unpaired) electrons. The molecule has 2 rings (SSSR count). The summed E-state index contributed by atoms with van der Waals surface area (Å²) >= 11 is 1.15. The minimum atomic E-state index is -0.624. The average Bonchev–Trinajstić information content (AvgIpc) is 2.65. The molecule has 1 aromatic carbocycles. The summed E-state index contributed by atoms with van der Waals surface area (Å²) in [5, 5.41) is 2.85. The Kier molecular flexibility index (Phi) is 8.85. The van der Waals surface area contributed by atoms with E-state index >= 15 is 0 Å². The minimum Gasteiger partial charge on any atom is -0.467 e. The smallest absolute Gasteiger partial charge is 0.328 e. The summed E-state index contributed by atoms with van der Waals surface area (Å²) in [5.74, 6) is -0.569. The van der Waals surface area contributed by atoms with Crippen LogP contribution in [-0.2, 0) is 32.0 Å². The average molecular weight is 392 g/mol. The normalized spacial score (nSPS) is 21.6. The third-order valence-corrected chi connectivity index (χ3v) is 5.82. The van der Waals surface area contributed by atoms with Crippen LogP contribution in [-0.4, -0.2) is 35.9 Å². The fourth-order valence-electron chi connectivity index (χ4n) is 3.35. The summed E-state index contributed by atoms with van der Waals surface area (Å²) in [7, 11) is 1.34. The topological polar surface area (TPSA) is 72.5 Å². The highest BCUT2D eigenvalue weighted by Gasteiger charge is 2.26. The molecule has 5 nitrogen and oxygen atoms in total. The predicted molar refractivity (Wildman–Crippen MR) is 108 cm³/mol. The Labute approximate surface area is 165 Å². The number of aryl methyl sites for hydroxylation is 1. The standard InChI is InChI=1S/C21H29NO4S/c1-15(23)27-14-18-13-17-10-7-9-16(12-17)8-5-3-4-6-11-19(21(25)26-2)22-20(18)24/h7,9-10,12,18-19H,3-6,8,11,13-14H2,1-2H3,(H,22,24)/t18-,19-/m0/s1. The van der Waals surface area contributed by atoms with Crippen molar-refractivity contribution >= 4 is 28.8 Å². The highest BCUT2D eigenvalue weighted by Crippen LogP contribution is 2.19. The Hall–Kier alpha value is -1.82. The van der Waals surface area contributed by atoms with E-state index in [2.05, 4.69) is 17.4 Å². The van der Waals surface area contributed by atoms with Gasteiger partial charge in [-0.15, -0.1) is 0 Å². The van der Waals surface area contributed by atoms with Crippen LogP contribution in [0.4, 0.5) is 0 Å². The summed E-state index contributed by atoms with van der Waals surface area (Å²) in [6, 6.07) is 7.71. The lowest BCUT2D eigenvalue weighted by Crippen LogP contribution is -2.45. The maximum atomic E-state index is 12.9. The van der Waals surface area contributed by atoms with Crippen LogP contribution in [0.5, 0.6) is 0 Å². The fraction of sp³-hybridized carbons (Fsp3) is 0.571. The molecule has 1 aromatic rings. The molecule has 2 atom stereocenters. The molecule has 0 aromatic heterocycles. The van der Waals surface area contributed by atoms with Crippen LogP contribution < -0.4 is 5.32 Å². The number of carbonyl (C=O) groups is 3. The van der Waals surface area contributed by atoms with Gasteiger partial charge < -0.3 is 10.1 Å². The number of carbonyl (C=O) groups excluding carboxylic acids is 3. The van der Waals surface area contributed by atoms with Gasteiger partial charge in [0.15, 0.2) is 5.12 Å². The van der Waals surface area contributed by atoms with E-state index in [0.29, 0.717) is 18.6 Å². The first-order chi connectivity index (χ1) is 13.0. The molecule has 0 aliphatic carbocycles. The predicted octanol–water partition coefficient (Wildman–Crippen LogP) is 3.29. The molecule has 0 fully saturated rings. The molecule has 0 saturated heterocycles. The Morgan fingerprint density at radius 2 is 1.93 bits per heavy atom. The molecule has 1 aliphatic rings. The van der Waals surface area contributed by atoms with Gasteiger partial charge in [0.1, 0.15) is 6.04 Å². The summed E-state index contributed by atoms with van der Waals surface area (Å²) in [6.45, 7) is 1.50. The highest BCUT2D eigenvalue weighted by atomic mass is 32.2. The number of hydrogen-bond acceptors (Lipinski definition) is 5. The van der Waals surface area contributed by atoms with Crippen molar-refractivity contribution in [3.63, 3.8) is 0 Å². The molecule has 1 amide bonds. The first-order valence-electron chi connectivity index (χ1n) is 9.59. The maximum Gasteiger partial charge on any atom is 0.328 e. The van der Waals surface area contributed by atoms with E-state index in [1.54, 1.807) is 0 Å². The molecular weight excluding hydrogens is 362 g/mol. The van der Waals surface area contributed by atoms with E-state index in [9.17, 15) is 14.4 Å². The minimum absolute atomic E-state index is 0.0135. The van der Waals surface area contributed by atoms with Gasteiger partial charge in [-0.25, -0.2) is 4.79 Å². The largest absolute Gasteiger partial charge is 0.467 e. The number of methoxy groups -OCH3 is 1. The second-order valence-electron chi connectivity index (χ2n) is 7.06. The summed E-state index contributed by atoms with van der Waals surface area (Å²) in [4.78, 5) is 36.4. The zero-order chi connectivity index (χ0) is 19.6. The van der Waals surface area contributed by atoms with Crippen molar-refractivity contribution in [1.29, 1.82) is 0 Å². The molecule has 6 heteroatoms. The van der Waals surface area contributed by atoms with Crippen molar-refractivity contribution in [3.8, 4) is 0 Å². The lowest BCUT2D eigenvalue weighted by molar-refractivity contribution is -0.145. The number of esters is 1. The monoisotopic (exact) mass is 391 g/mol. The van der Waals surface area contributed by atoms with Crippen molar-refractivity contribution in [2.45, 2.75) is 57.9 Å². The molecule has 0 spiro atoms. The highest BCUT2D eigenvalue weighted by molar-refractivity contribution is 8.13. The first kappa shape index (κ1) is 21.5. The number of fused-ring (bicyclic) bond motifs is 2. The van der Waals surface area contributed by atoms with Gasteiger partial charge in [-0.3, -0.25) is 9.59 Å². The second kappa shape index (κ2) is 11.1. The van der Waals surface area contributed by atoms with E-state index in [1.165, 1.54) is 19.6 Å². The maximum absolute atomic E-state index is 12.9. The zero-order valence-corrected chi connectivity index (χ0v) is 17.0. The van der Waals surface area contributed by atoms with Crippen LogP contribution in [0, 0.1) is 5.92 Å². The Morgan fingerprint density at radius 3 is 2.67 bits per heavy atom. The van der Waals surface area contributed by atoms with Crippen LogP contribution in [0.1, 0.15) is 50.2 Å². The molecule has 2 bridgehead atoms. The zero-order valence-electron chi connectivity index (χ0n) is 16.2. The second-order valence-corrected chi connectivity index (χ2v) is 8.26. The Balaban J connectivity index is 2.22. The summed E-state index contributed by atoms with van der Waals surface area (Å²) in [6.07, 6.45) is 6.25. The van der Waals surface area contributed by atoms with Crippen LogP contribution >= 0.6 is 11.8 Å². The number of rotatable bonds is 3.